The number of amides is 1. The van der Waals surface area contributed by atoms with Crippen molar-refractivity contribution in [1.82, 2.24) is 19.9 Å². The minimum atomic E-state index is -0.226. The summed E-state index contributed by atoms with van der Waals surface area (Å²) in [4.78, 5) is 22.6. The number of para-hydroxylation sites is 2. The van der Waals surface area contributed by atoms with E-state index in [9.17, 15) is 4.79 Å². The van der Waals surface area contributed by atoms with Gasteiger partial charge in [-0.15, -0.1) is 0 Å². The number of nitrogens with zero attached hydrogens (tertiary/aromatic N) is 3. The van der Waals surface area contributed by atoms with Gasteiger partial charge < -0.3 is 11.1 Å². The molecule has 29 heavy (non-hydrogen) atoms. The Bertz CT molecular complexity index is 1210. The van der Waals surface area contributed by atoms with Gasteiger partial charge in [-0.1, -0.05) is 45.0 Å². The maximum absolute atomic E-state index is 13.0. The molecule has 0 aliphatic carbocycles. The van der Waals surface area contributed by atoms with Gasteiger partial charge in [0.2, 0.25) is 0 Å². The Morgan fingerprint density at radius 2 is 1.83 bits per heavy atom. The van der Waals surface area contributed by atoms with Crippen LogP contribution in [0.4, 0.5) is 5.82 Å². The molecule has 4 aromatic rings. The van der Waals surface area contributed by atoms with E-state index >= 15 is 0 Å². The zero-order chi connectivity index (χ0) is 20.5. The molecule has 0 aliphatic rings. The Kier molecular flexibility index (Phi) is 4.92. The highest BCUT2D eigenvalue weighted by atomic mass is 16.1. The molecule has 2 aromatic heterocycles. The molecule has 0 atom stereocenters. The van der Waals surface area contributed by atoms with Crippen molar-refractivity contribution in [2.24, 2.45) is 5.92 Å². The van der Waals surface area contributed by atoms with Crippen LogP contribution in [0.5, 0.6) is 0 Å². The molecule has 1 amide bonds. The number of fused-ring (bicyclic) bond motifs is 2. The molecule has 0 aliphatic heterocycles. The maximum atomic E-state index is 13.0. The van der Waals surface area contributed by atoms with Crippen LogP contribution >= 0.6 is 0 Å². The number of nitrogens with two attached hydrogens (primary N) is 1. The number of hydrogen-bond acceptors (Lipinski definition) is 4. The molecule has 0 fully saturated rings. The summed E-state index contributed by atoms with van der Waals surface area (Å²) < 4.78 is 1.83. The fourth-order valence-electron chi connectivity index (χ4n) is 3.45. The van der Waals surface area contributed by atoms with Crippen LogP contribution < -0.4 is 11.1 Å². The Hall–Kier alpha value is -3.41. The number of aryl methyl sites for hydroxylation is 1. The van der Waals surface area contributed by atoms with Crippen LogP contribution in [-0.2, 0) is 6.42 Å². The van der Waals surface area contributed by atoms with E-state index in [0.29, 0.717) is 35.0 Å². The number of benzene rings is 2. The molecular formula is C23H25N5O. The highest BCUT2D eigenvalue weighted by Gasteiger charge is 2.24. The number of hydrogen-bond donors (Lipinski definition) is 2. The smallest absolute Gasteiger partial charge is 0.257 e. The summed E-state index contributed by atoms with van der Waals surface area (Å²) in [5, 5.41) is 2.97. The van der Waals surface area contributed by atoms with Gasteiger partial charge in [0.15, 0.2) is 5.65 Å². The second-order valence-electron chi connectivity index (χ2n) is 7.61. The molecule has 0 radical (unpaired) electrons. The van der Waals surface area contributed by atoms with Gasteiger partial charge in [0, 0.05) is 12.2 Å². The number of aromatic nitrogens is 3. The van der Waals surface area contributed by atoms with E-state index < -0.39 is 0 Å². The Balaban J connectivity index is 2.00. The van der Waals surface area contributed by atoms with Gasteiger partial charge in [0.25, 0.3) is 5.91 Å². The zero-order valence-electron chi connectivity index (χ0n) is 16.9. The standard InChI is InChI=1S/C23H25N5O/c1-4-15-8-7-9-16(12-15)28-21(24)19(23(29)25-13-14(2)3)20-22(28)27-18-11-6-5-10-17(18)26-20/h5-12,14H,4,13,24H2,1-3H3,(H,25,29). The van der Waals surface area contributed by atoms with E-state index in [-0.39, 0.29) is 5.91 Å². The van der Waals surface area contributed by atoms with Crippen molar-refractivity contribution < 1.29 is 4.79 Å². The van der Waals surface area contributed by atoms with Crippen molar-refractivity contribution in [3.05, 3.63) is 59.7 Å². The highest BCUT2D eigenvalue weighted by Crippen LogP contribution is 2.31. The summed E-state index contributed by atoms with van der Waals surface area (Å²) in [5.41, 5.74) is 11.6. The first-order valence-corrected chi connectivity index (χ1v) is 9.93. The first-order chi connectivity index (χ1) is 14.0. The summed E-state index contributed by atoms with van der Waals surface area (Å²) >= 11 is 0. The van der Waals surface area contributed by atoms with Gasteiger partial charge in [-0.3, -0.25) is 9.36 Å². The lowest BCUT2D eigenvalue weighted by molar-refractivity contribution is 0.0951. The molecule has 3 N–H and O–H groups in total. The lowest BCUT2D eigenvalue weighted by Gasteiger charge is -2.10. The molecule has 2 heterocycles. The SMILES string of the molecule is CCc1cccc(-n2c(N)c(C(=O)NCC(C)C)c3nc4ccccc4nc32)c1. The molecule has 0 spiro atoms. The van der Waals surface area contributed by atoms with Gasteiger partial charge in [-0.05, 0) is 42.2 Å². The summed E-state index contributed by atoms with van der Waals surface area (Å²) in [5.74, 6) is 0.461. The van der Waals surface area contributed by atoms with E-state index in [4.69, 9.17) is 15.7 Å². The number of nitrogens with one attached hydrogen (secondary N) is 1. The van der Waals surface area contributed by atoms with Crippen molar-refractivity contribution in [2.45, 2.75) is 27.2 Å². The van der Waals surface area contributed by atoms with Crippen molar-refractivity contribution in [1.29, 1.82) is 0 Å². The van der Waals surface area contributed by atoms with Gasteiger partial charge in [0.05, 0.1) is 11.0 Å². The number of anilines is 1. The molecule has 148 valence electrons. The van der Waals surface area contributed by atoms with Crippen LogP contribution in [0.2, 0.25) is 0 Å². The summed E-state index contributed by atoms with van der Waals surface area (Å²) in [6, 6.07) is 15.7. The third-order valence-corrected chi connectivity index (χ3v) is 4.97. The molecule has 0 saturated heterocycles. The molecular weight excluding hydrogens is 362 g/mol. The monoisotopic (exact) mass is 387 g/mol. The van der Waals surface area contributed by atoms with Crippen LogP contribution in [-0.4, -0.2) is 27.0 Å². The van der Waals surface area contributed by atoms with Crippen LogP contribution in [0.25, 0.3) is 27.9 Å². The molecule has 6 heteroatoms. The second kappa shape index (κ2) is 7.54. The van der Waals surface area contributed by atoms with Crippen LogP contribution in [0.1, 0.15) is 36.7 Å². The minimum absolute atomic E-state index is 0.226. The highest BCUT2D eigenvalue weighted by molar-refractivity contribution is 6.11. The molecule has 6 nitrogen and oxygen atoms in total. The predicted molar refractivity (Wildman–Crippen MR) is 117 cm³/mol. The third-order valence-electron chi connectivity index (χ3n) is 4.97. The van der Waals surface area contributed by atoms with Gasteiger partial charge in [-0.2, -0.15) is 0 Å². The summed E-state index contributed by atoms with van der Waals surface area (Å²) in [7, 11) is 0. The Morgan fingerprint density at radius 3 is 2.52 bits per heavy atom. The van der Waals surface area contributed by atoms with E-state index in [1.165, 1.54) is 5.56 Å². The Labute approximate surface area is 169 Å². The maximum Gasteiger partial charge on any atom is 0.257 e. The summed E-state index contributed by atoms with van der Waals surface area (Å²) in [6.45, 7) is 6.78. The first-order valence-electron chi connectivity index (χ1n) is 9.93. The average molecular weight is 387 g/mol. The Morgan fingerprint density at radius 1 is 1.10 bits per heavy atom. The normalized spacial score (nSPS) is 11.4. The number of carbonyl (C=O) groups excluding carboxylic acids is 1. The van der Waals surface area contributed by atoms with Crippen molar-refractivity contribution in [3.8, 4) is 5.69 Å². The van der Waals surface area contributed by atoms with E-state index in [1.807, 2.05) is 41.0 Å². The van der Waals surface area contributed by atoms with Crippen molar-refractivity contribution in [2.75, 3.05) is 12.3 Å². The van der Waals surface area contributed by atoms with Crippen molar-refractivity contribution in [3.63, 3.8) is 0 Å². The van der Waals surface area contributed by atoms with Crippen LogP contribution in [0.15, 0.2) is 48.5 Å². The van der Waals surface area contributed by atoms with Crippen LogP contribution in [0.3, 0.4) is 0 Å². The lowest BCUT2D eigenvalue weighted by Crippen LogP contribution is -2.28. The van der Waals surface area contributed by atoms with E-state index in [2.05, 4.69) is 38.2 Å². The third kappa shape index (κ3) is 3.42. The quantitative estimate of drug-likeness (QED) is 0.540. The van der Waals surface area contributed by atoms with Gasteiger partial charge in [0.1, 0.15) is 16.9 Å². The second-order valence-corrected chi connectivity index (χ2v) is 7.61. The van der Waals surface area contributed by atoms with E-state index in [1.54, 1.807) is 0 Å². The number of rotatable bonds is 5. The van der Waals surface area contributed by atoms with Gasteiger partial charge >= 0.3 is 0 Å². The average Bonchev–Trinajstić information content (AvgIpc) is 3.01. The molecule has 0 saturated carbocycles. The lowest BCUT2D eigenvalue weighted by atomic mass is 10.1. The first kappa shape index (κ1) is 18.9. The molecule has 0 bridgehead atoms. The number of nitrogen functional groups attached to an aromatic ring is 1. The zero-order valence-corrected chi connectivity index (χ0v) is 16.9. The minimum Gasteiger partial charge on any atom is -0.384 e. The van der Waals surface area contributed by atoms with Gasteiger partial charge in [-0.25, -0.2) is 9.97 Å². The molecule has 2 aromatic carbocycles. The molecule has 0 unspecified atom stereocenters. The fraction of sp³-hybridized carbons (Fsp3) is 0.261. The fourth-order valence-corrected chi connectivity index (χ4v) is 3.45. The predicted octanol–water partition coefficient (Wildman–Crippen LogP) is 4.10. The topological polar surface area (TPSA) is 85.8 Å². The van der Waals surface area contributed by atoms with Crippen molar-refractivity contribution >= 4 is 33.9 Å². The van der Waals surface area contributed by atoms with Crippen LogP contribution in [0, 0.1) is 5.92 Å². The van der Waals surface area contributed by atoms with E-state index in [0.717, 1.165) is 23.1 Å². The molecule has 4 rings (SSSR count). The largest absolute Gasteiger partial charge is 0.384 e. The summed E-state index contributed by atoms with van der Waals surface area (Å²) in [6.07, 6.45) is 0.906. The number of carbonyl (C=O) groups is 1.